The summed E-state index contributed by atoms with van der Waals surface area (Å²) in [4.78, 5) is 40.2. The van der Waals surface area contributed by atoms with E-state index in [0.29, 0.717) is 37.5 Å². The van der Waals surface area contributed by atoms with Gasteiger partial charge in [0.2, 0.25) is 11.8 Å². The zero-order chi connectivity index (χ0) is 19.7. The number of unbranched alkanes of at least 4 members (excludes halogenated alkanes) is 2. The molecule has 1 saturated heterocycles. The van der Waals surface area contributed by atoms with E-state index in [0.717, 1.165) is 38.5 Å². The number of ether oxygens (including phenoxy) is 1. The minimum atomic E-state index is -0.715. The van der Waals surface area contributed by atoms with E-state index >= 15 is 0 Å². The van der Waals surface area contributed by atoms with Gasteiger partial charge in [0.25, 0.3) is 0 Å². The number of nitrogens with one attached hydrogen (secondary N) is 1. The van der Waals surface area contributed by atoms with Gasteiger partial charge in [-0.25, -0.2) is 0 Å². The summed E-state index contributed by atoms with van der Waals surface area (Å²) in [5.74, 6) is 1.57. The van der Waals surface area contributed by atoms with Gasteiger partial charge in [0, 0.05) is 13.1 Å². The summed E-state index contributed by atoms with van der Waals surface area (Å²) in [6.07, 6.45) is 9.66. The van der Waals surface area contributed by atoms with Gasteiger partial charge < -0.3 is 15.0 Å². The number of amides is 2. The number of carbonyl (C=O) groups is 3. The number of rotatable bonds is 7. The van der Waals surface area contributed by atoms with Crippen molar-refractivity contribution in [1.29, 1.82) is 0 Å². The van der Waals surface area contributed by atoms with Gasteiger partial charge in [-0.1, -0.05) is 19.8 Å². The highest BCUT2D eigenvalue weighted by atomic mass is 16.5. The molecule has 5 fully saturated rings. The lowest BCUT2D eigenvalue weighted by molar-refractivity contribution is -0.166. The molecule has 4 aliphatic carbocycles. The van der Waals surface area contributed by atoms with E-state index in [9.17, 15) is 14.4 Å². The monoisotopic (exact) mass is 390 g/mol. The first-order valence-corrected chi connectivity index (χ1v) is 11.2. The zero-order valence-electron chi connectivity index (χ0n) is 17.1. The number of hydrogen-bond acceptors (Lipinski definition) is 4. The number of piperazine rings is 1. The third kappa shape index (κ3) is 3.79. The summed E-state index contributed by atoms with van der Waals surface area (Å²) in [5, 5.41) is 2.83. The van der Waals surface area contributed by atoms with Crippen molar-refractivity contribution in [1.82, 2.24) is 10.2 Å². The highest BCUT2D eigenvalue weighted by Crippen LogP contribution is 2.60. The molecule has 1 unspecified atom stereocenters. The van der Waals surface area contributed by atoms with Crippen LogP contribution in [0.4, 0.5) is 0 Å². The largest absolute Gasteiger partial charge is 0.466 e. The van der Waals surface area contributed by atoms with Gasteiger partial charge in [0.15, 0.2) is 0 Å². The van der Waals surface area contributed by atoms with Crippen LogP contribution in [0.1, 0.15) is 71.1 Å². The van der Waals surface area contributed by atoms with Crippen molar-refractivity contribution in [2.75, 3.05) is 19.7 Å². The van der Waals surface area contributed by atoms with Crippen LogP contribution in [0.5, 0.6) is 0 Å². The van der Waals surface area contributed by atoms with Gasteiger partial charge >= 0.3 is 5.97 Å². The van der Waals surface area contributed by atoms with Crippen molar-refractivity contribution < 1.29 is 19.1 Å². The first-order valence-electron chi connectivity index (χ1n) is 11.2. The lowest BCUT2D eigenvalue weighted by atomic mass is 9.49. The molecule has 4 saturated carbocycles. The lowest BCUT2D eigenvalue weighted by Gasteiger charge is -2.57. The van der Waals surface area contributed by atoms with Gasteiger partial charge in [-0.15, -0.1) is 0 Å². The molecule has 5 rings (SSSR count). The third-order valence-corrected chi connectivity index (χ3v) is 7.45. The van der Waals surface area contributed by atoms with Crippen LogP contribution in [0, 0.1) is 23.2 Å². The SMILES string of the molecule is CCCCCOC(=O)CC1C(=O)NCCN1C(=O)C12CC3CC(CC(C3)C1)C2. The molecule has 0 aromatic rings. The number of nitrogens with zero attached hydrogens (tertiary/aromatic N) is 1. The molecule has 156 valence electrons. The molecule has 6 heteroatoms. The average Bonchev–Trinajstić information content (AvgIpc) is 2.65. The first-order chi connectivity index (χ1) is 13.5. The van der Waals surface area contributed by atoms with E-state index in [-0.39, 0.29) is 29.6 Å². The standard InChI is InChI=1S/C22H34N2O4/c1-2-3-4-7-28-19(25)11-18-20(26)23-5-6-24(18)21(27)22-12-15-8-16(13-22)10-17(9-15)14-22/h15-18H,2-14H2,1H3,(H,23,26). The molecular formula is C22H34N2O4. The second-order valence-corrected chi connectivity index (χ2v) is 9.63. The van der Waals surface area contributed by atoms with Crippen molar-refractivity contribution in [3.63, 3.8) is 0 Å². The van der Waals surface area contributed by atoms with Crippen LogP contribution < -0.4 is 5.32 Å². The van der Waals surface area contributed by atoms with Gasteiger partial charge in [-0.2, -0.15) is 0 Å². The van der Waals surface area contributed by atoms with Crippen molar-refractivity contribution in [2.24, 2.45) is 23.2 Å². The summed E-state index contributed by atoms with van der Waals surface area (Å²) in [6.45, 7) is 3.46. The highest BCUT2D eigenvalue weighted by molar-refractivity contribution is 5.93. The van der Waals surface area contributed by atoms with Crippen LogP contribution in [-0.4, -0.2) is 48.4 Å². The van der Waals surface area contributed by atoms with Crippen molar-refractivity contribution in [2.45, 2.75) is 77.2 Å². The molecule has 0 radical (unpaired) electrons. The van der Waals surface area contributed by atoms with Crippen LogP contribution in [0.25, 0.3) is 0 Å². The number of esters is 1. The lowest BCUT2D eigenvalue weighted by Crippen LogP contribution is -2.63. The fourth-order valence-corrected chi connectivity index (χ4v) is 6.59. The number of hydrogen-bond donors (Lipinski definition) is 1. The molecule has 1 atom stereocenters. The zero-order valence-corrected chi connectivity index (χ0v) is 17.1. The maximum atomic E-state index is 13.7. The topological polar surface area (TPSA) is 75.7 Å². The Morgan fingerprint density at radius 2 is 1.75 bits per heavy atom. The third-order valence-electron chi connectivity index (χ3n) is 7.45. The van der Waals surface area contributed by atoms with Crippen LogP contribution in [0.2, 0.25) is 0 Å². The molecule has 6 nitrogen and oxygen atoms in total. The van der Waals surface area contributed by atoms with Gasteiger partial charge in [0.05, 0.1) is 18.4 Å². The van der Waals surface area contributed by atoms with Crippen molar-refractivity contribution in [3.8, 4) is 0 Å². The molecule has 5 aliphatic rings. The summed E-state index contributed by atoms with van der Waals surface area (Å²) < 4.78 is 5.32. The second-order valence-electron chi connectivity index (χ2n) is 9.63. The molecule has 2 amide bonds. The van der Waals surface area contributed by atoms with Crippen molar-refractivity contribution in [3.05, 3.63) is 0 Å². The van der Waals surface area contributed by atoms with Crippen LogP contribution in [0.15, 0.2) is 0 Å². The molecule has 1 heterocycles. The maximum absolute atomic E-state index is 13.7. The van der Waals surface area contributed by atoms with Crippen molar-refractivity contribution >= 4 is 17.8 Å². The molecule has 0 aromatic heterocycles. The Morgan fingerprint density at radius 3 is 2.36 bits per heavy atom. The average molecular weight is 391 g/mol. The normalized spacial score (nSPS) is 36.3. The molecular weight excluding hydrogens is 356 g/mol. The molecule has 0 spiro atoms. The summed E-state index contributed by atoms with van der Waals surface area (Å²) in [6, 6.07) is -0.715. The Bertz CT molecular complexity index is 597. The Balaban J connectivity index is 1.43. The predicted molar refractivity (Wildman–Crippen MR) is 104 cm³/mol. The molecule has 1 N–H and O–H groups in total. The molecule has 0 aromatic carbocycles. The van der Waals surface area contributed by atoms with E-state index < -0.39 is 6.04 Å². The summed E-state index contributed by atoms with van der Waals surface area (Å²) in [7, 11) is 0. The minimum absolute atomic E-state index is 0.0317. The smallest absolute Gasteiger partial charge is 0.308 e. The fourth-order valence-electron chi connectivity index (χ4n) is 6.59. The first kappa shape index (κ1) is 19.7. The van der Waals surface area contributed by atoms with E-state index in [1.54, 1.807) is 4.90 Å². The molecule has 1 aliphatic heterocycles. The Kier molecular flexibility index (Phi) is 5.66. The van der Waals surface area contributed by atoms with E-state index in [4.69, 9.17) is 4.74 Å². The second kappa shape index (κ2) is 8.03. The minimum Gasteiger partial charge on any atom is -0.466 e. The van der Waals surface area contributed by atoms with Gasteiger partial charge in [0.1, 0.15) is 6.04 Å². The van der Waals surface area contributed by atoms with Crippen LogP contribution in [-0.2, 0) is 19.1 Å². The Labute approximate surface area is 167 Å². The van der Waals surface area contributed by atoms with E-state index in [2.05, 4.69) is 12.2 Å². The quantitative estimate of drug-likeness (QED) is 0.536. The van der Waals surface area contributed by atoms with Crippen LogP contribution in [0.3, 0.4) is 0 Å². The molecule has 28 heavy (non-hydrogen) atoms. The Hall–Kier alpha value is -1.59. The summed E-state index contributed by atoms with van der Waals surface area (Å²) >= 11 is 0. The van der Waals surface area contributed by atoms with E-state index in [1.165, 1.54) is 19.3 Å². The van der Waals surface area contributed by atoms with E-state index in [1.807, 2.05) is 0 Å². The fraction of sp³-hybridized carbons (Fsp3) is 0.864. The van der Waals surface area contributed by atoms with Crippen LogP contribution >= 0.6 is 0 Å². The number of carbonyl (C=O) groups excluding carboxylic acids is 3. The van der Waals surface area contributed by atoms with Gasteiger partial charge in [-0.05, 0) is 62.7 Å². The Morgan fingerprint density at radius 1 is 1.11 bits per heavy atom. The summed E-state index contributed by atoms with van der Waals surface area (Å²) in [5.41, 5.74) is -0.282. The molecule has 4 bridgehead atoms. The highest BCUT2D eigenvalue weighted by Gasteiger charge is 2.56. The predicted octanol–water partition coefficient (Wildman–Crippen LogP) is 2.65. The maximum Gasteiger partial charge on any atom is 0.308 e. The van der Waals surface area contributed by atoms with Gasteiger partial charge in [-0.3, -0.25) is 14.4 Å².